The molecule has 2 aromatic carbocycles. The molecule has 0 unspecified atom stereocenters. The Morgan fingerprint density at radius 1 is 1.16 bits per heavy atom. The van der Waals surface area contributed by atoms with E-state index in [0.29, 0.717) is 5.92 Å². The van der Waals surface area contributed by atoms with Crippen molar-refractivity contribution < 1.29 is 48.1 Å². The first-order valence-electron chi connectivity index (χ1n) is 6.09. The molecule has 0 radical (unpaired) electrons. The molecule has 0 aliphatic carbocycles. The monoisotopic (exact) mass is 389 g/mol. The molecular weight excluding hydrogens is 370 g/mol. The van der Waals surface area contributed by atoms with Crippen LogP contribution in [-0.4, -0.2) is 5.43 Å². The smallest absolute Gasteiger partial charge is 0.0308 e. The van der Waals surface area contributed by atoms with Gasteiger partial charge in [-0.3, -0.25) is 0 Å². The standard InChI is InChI=1S/C13H15.C2H6Si.2ClH.Zr/c1-9(2)12-6-4-5-11-7-10(3)8-13(11)12;1-3-2;;;/h4-9H,1-3H3;1-2H3;2*1H;/q-1;;;;+2/p-2. The summed E-state index contributed by atoms with van der Waals surface area (Å²) in [5.41, 5.74) is 3.04. The summed E-state index contributed by atoms with van der Waals surface area (Å²) in [6.07, 6.45) is 0. The van der Waals surface area contributed by atoms with E-state index in [1.54, 1.807) is 23.3 Å². The third-order valence-corrected chi connectivity index (χ3v) is 2.55. The van der Waals surface area contributed by atoms with E-state index >= 15 is 0 Å². The molecule has 0 amide bonds. The molecule has 0 heterocycles. The predicted octanol–water partition coefficient (Wildman–Crippen LogP) is -1.22. The zero-order valence-electron chi connectivity index (χ0n) is 12.2. The van der Waals surface area contributed by atoms with Crippen molar-refractivity contribution in [1.82, 2.24) is 0 Å². The second kappa shape index (κ2) is 10.3. The predicted molar refractivity (Wildman–Crippen MR) is 75.8 cm³/mol. The first kappa shape index (κ1) is 21.8. The second-order valence-corrected chi connectivity index (χ2v) is 14.4. The van der Waals surface area contributed by atoms with Gasteiger partial charge in [0.25, 0.3) is 0 Å². The Balaban J connectivity index is 0. The van der Waals surface area contributed by atoms with Crippen molar-refractivity contribution in [3.05, 3.63) is 41.5 Å². The molecule has 2 aromatic rings. The van der Waals surface area contributed by atoms with E-state index in [9.17, 15) is 0 Å². The molecule has 4 heteroatoms. The minimum atomic E-state index is 0. The minimum Gasteiger partial charge on any atom is -1.00 e. The number of hydrogen-bond donors (Lipinski definition) is 0. The molecule has 0 bridgehead atoms. The molecular formula is C15H21Cl2SiZr-. The first-order valence-corrected chi connectivity index (χ1v) is 12.3. The van der Waals surface area contributed by atoms with Crippen LogP contribution in [0.5, 0.6) is 0 Å². The summed E-state index contributed by atoms with van der Waals surface area (Å²) in [5, 5.41) is 2.80. The Morgan fingerprint density at radius 2 is 1.68 bits per heavy atom. The molecule has 0 N–H and O–H groups in total. The van der Waals surface area contributed by atoms with Crippen LogP contribution in [0.4, 0.5) is 0 Å². The molecule has 0 saturated carbocycles. The van der Waals surface area contributed by atoms with Crippen molar-refractivity contribution in [2.75, 3.05) is 0 Å². The van der Waals surface area contributed by atoms with Crippen LogP contribution in [-0.2, 0) is 23.3 Å². The van der Waals surface area contributed by atoms with E-state index in [2.05, 4.69) is 64.2 Å². The Kier molecular flexibility index (Phi) is 11.8. The third-order valence-electron chi connectivity index (χ3n) is 2.55. The average Bonchev–Trinajstić information content (AvgIpc) is 2.55. The van der Waals surface area contributed by atoms with Gasteiger partial charge >= 0.3 is 41.9 Å². The maximum absolute atomic E-state index is 2.31. The number of hydrogen-bond acceptors (Lipinski definition) is 0. The van der Waals surface area contributed by atoms with Crippen LogP contribution in [0.1, 0.15) is 30.9 Å². The van der Waals surface area contributed by atoms with Gasteiger partial charge in [-0.15, -0.1) is 34.5 Å². The van der Waals surface area contributed by atoms with Gasteiger partial charge in [0, 0.05) is 0 Å². The van der Waals surface area contributed by atoms with Gasteiger partial charge in [-0.1, -0.05) is 32.4 Å². The van der Waals surface area contributed by atoms with Gasteiger partial charge in [-0.05, 0) is 5.92 Å². The van der Waals surface area contributed by atoms with Crippen LogP contribution in [0.2, 0.25) is 13.1 Å². The van der Waals surface area contributed by atoms with Crippen LogP contribution >= 0.6 is 0 Å². The summed E-state index contributed by atoms with van der Waals surface area (Å²) < 4.78 is 0. The summed E-state index contributed by atoms with van der Waals surface area (Å²) >= 11 is 1.74. The molecule has 19 heavy (non-hydrogen) atoms. The summed E-state index contributed by atoms with van der Waals surface area (Å²) in [7, 11) is 0. The van der Waals surface area contributed by atoms with Crippen molar-refractivity contribution in [1.29, 1.82) is 0 Å². The molecule has 2 rings (SSSR count). The first-order chi connectivity index (χ1) is 7.91. The minimum absolute atomic E-state index is 0. The Hall–Kier alpha value is 0.510. The van der Waals surface area contributed by atoms with Crippen LogP contribution < -0.4 is 24.8 Å². The quantitative estimate of drug-likeness (QED) is 0.423. The van der Waals surface area contributed by atoms with Gasteiger partial charge in [-0.25, -0.2) is 0 Å². The van der Waals surface area contributed by atoms with E-state index in [4.69, 9.17) is 0 Å². The van der Waals surface area contributed by atoms with Crippen molar-refractivity contribution in [2.24, 2.45) is 0 Å². The zero-order valence-corrected chi connectivity index (χ0v) is 17.2. The molecule has 104 valence electrons. The van der Waals surface area contributed by atoms with Crippen LogP contribution in [0.15, 0.2) is 30.3 Å². The fraction of sp³-hybridized carbons (Fsp3) is 0.400. The molecule has 0 fully saturated rings. The Morgan fingerprint density at radius 3 is 2.16 bits per heavy atom. The zero-order chi connectivity index (χ0) is 13.0. The van der Waals surface area contributed by atoms with Gasteiger partial charge in [0.05, 0.1) is 0 Å². The number of fused-ring (bicyclic) bond motifs is 1. The van der Waals surface area contributed by atoms with E-state index in [1.807, 2.05) is 0 Å². The molecule has 0 spiro atoms. The van der Waals surface area contributed by atoms with Gasteiger partial charge in [-0.2, -0.15) is 6.07 Å². The van der Waals surface area contributed by atoms with Crippen molar-refractivity contribution in [2.45, 2.75) is 39.8 Å². The molecule has 0 aromatic heterocycles. The third kappa shape index (κ3) is 7.18. The normalized spacial score (nSPS) is 9.26. The fourth-order valence-corrected chi connectivity index (χ4v) is 1.91. The van der Waals surface area contributed by atoms with E-state index in [0.717, 1.165) is 0 Å². The van der Waals surface area contributed by atoms with E-state index in [-0.39, 0.29) is 30.2 Å². The van der Waals surface area contributed by atoms with Crippen molar-refractivity contribution in [3.8, 4) is 0 Å². The maximum atomic E-state index is 2.31. The van der Waals surface area contributed by atoms with Crippen molar-refractivity contribution in [3.63, 3.8) is 0 Å². The molecule has 0 aliphatic rings. The van der Waals surface area contributed by atoms with Crippen molar-refractivity contribution >= 4 is 16.2 Å². The number of rotatable bonds is 1. The molecule has 0 aliphatic heterocycles. The molecule has 0 nitrogen and oxygen atoms in total. The Bertz CT molecular complexity index is 514. The summed E-state index contributed by atoms with van der Waals surface area (Å²) in [5.74, 6) is 0.616. The topological polar surface area (TPSA) is 0 Å². The van der Waals surface area contributed by atoms with Crippen LogP contribution in [0.3, 0.4) is 0 Å². The number of aryl methyl sites for hydroxylation is 1. The maximum Gasteiger partial charge on any atom is -0.0308 e. The summed E-state index contributed by atoms with van der Waals surface area (Å²) in [6, 6.07) is 11.1. The van der Waals surface area contributed by atoms with Gasteiger partial charge in [0.2, 0.25) is 0 Å². The summed E-state index contributed by atoms with van der Waals surface area (Å²) in [4.78, 5) is 0. The van der Waals surface area contributed by atoms with Crippen LogP contribution in [0.25, 0.3) is 10.8 Å². The van der Waals surface area contributed by atoms with Gasteiger partial charge in [0.1, 0.15) is 0 Å². The Labute approximate surface area is 144 Å². The fourth-order valence-electron chi connectivity index (χ4n) is 1.91. The molecule has 0 atom stereocenters. The van der Waals surface area contributed by atoms with E-state index < -0.39 is 0 Å². The number of benzene rings is 1. The SMILES string of the molecule is C[Si](C)=[Zr+2].Cc1cc2c(C(C)C)cccc2[cH-]1.[Cl-].[Cl-]. The van der Waals surface area contributed by atoms with Gasteiger partial charge in [0.15, 0.2) is 0 Å². The summed E-state index contributed by atoms with van der Waals surface area (Å²) in [6.45, 7) is 11.3. The van der Waals surface area contributed by atoms with Crippen LogP contribution in [0, 0.1) is 6.92 Å². The van der Waals surface area contributed by atoms with E-state index in [1.165, 1.54) is 21.9 Å². The second-order valence-electron chi connectivity index (χ2n) is 5.04. The average molecular weight is 392 g/mol. The largest absolute Gasteiger partial charge is 1.00 e. The number of halogens is 2. The molecule has 0 saturated heterocycles. The van der Waals surface area contributed by atoms with Gasteiger partial charge < -0.3 is 24.8 Å².